The molecule has 0 radical (unpaired) electrons. The SMILES string of the molecule is Cc1nc2ccccc2n1CC(=O)N1CCN2[C@@H](COC[C@@H]2C2CC2)C1. The zero-order chi connectivity index (χ0) is 17.7. The summed E-state index contributed by atoms with van der Waals surface area (Å²) in [6.45, 7) is 6.55. The van der Waals surface area contributed by atoms with Crippen LogP contribution in [0.2, 0.25) is 0 Å². The predicted octanol–water partition coefficient (Wildman–Crippen LogP) is 1.67. The highest BCUT2D eigenvalue weighted by molar-refractivity contribution is 5.81. The molecule has 138 valence electrons. The molecule has 1 saturated carbocycles. The van der Waals surface area contributed by atoms with Crippen LogP contribution in [0, 0.1) is 12.8 Å². The minimum atomic E-state index is 0.185. The van der Waals surface area contributed by atoms with Crippen LogP contribution in [-0.2, 0) is 16.1 Å². The van der Waals surface area contributed by atoms with Crippen LogP contribution in [0.5, 0.6) is 0 Å². The van der Waals surface area contributed by atoms with Gasteiger partial charge in [-0.2, -0.15) is 0 Å². The van der Waals surface area contributed by atoms with Crippen molar-refractivity contribution in [2.24, 2.45) is 5.92 Å². The zero-order valence-corrected chi connectivity index (χ0v) is 15.3. The Kier molecular flexibility index (Phi) is 3.98. The lowest BCUT2D eigenvalue weighted by molar-refractivity contribution is -0.141. The molecule has 3 aliphatic rings. The van der Waals surface area contributed by atoms with Crippen molar-refractivity contribution in [3.63, 3.8) is 0 Å². The number of morpholine rings is 1. The molecule has 3 fully saturated rings. The van der Waals surface area contributed by atoms with Gasteiger partial charge in [-0.05, 0) is 37.8 Å². The first-order valence-corrected chi connectivity index (χ1v) is 9.74. The lowest BCUT2D eigenvalue weighted by atomic mass is 10.0. The van der Waals surface area contributed by atoms with Gasteiger partial charge in [-0.25, -0.2) is 4.98 Å². The third-order valence-electron chi connectivity index (χ3n) is 6.21. The van der Waals surface area contributed by atoms with E-state index in [1.54, 1.807) is 0 Å². The van der Waals surface area contributed by atoms with Gasteiger partial charge in [0.25, 0.3) is 0 Å². The highest BCUT2D eigenvalue weighted by atomic mass is 16.5. The molecule has 0 bridgehead atoms. The van der Waals surface area contributed by atoms with Crippen molar-refractivity contribution >= 4 is 16.9 Å². The average molecular weight is 354 g/mol. The van der Waals surface area contributed by atoms with E-state index in [9.17, 15) is 4.79 Å². The first-order chi connectivity index (χ1) is 12.7. The number of rotatable bonds is 3. The van der Waals surface area contributed by atoms with Crippen molar-refractivity contribution in [3.05, 3.63) is 30.1 Å². The van der Waals surface area contributed by atoms with Gasteiger partial charge < -0.3 is 14.2 Å². The van der Waals surface area contributed by atoms with Gasteiger partial charge in [-0.3, -0.25) is 9.69 Å². The number of imidazole rings is 1. The number of fused-ring (bicyclic) bond motifs is 2. The number of aromatic nitrogens is 2. The van der Waals surface area contributed by atoms with E-state index in [-0.39, 0.29) is 5.91 Å². The number of carbonyl (C=O) groups is 1. The maximum Gasteiger partial charge on any atom is 0.242 e. The Balaban J connectivity index is 1.30. The maximum absolute atomic E-state index is 13.0. The molecule has 2 aliphatic heterocycles. The number of piperazine rings is 1. The van der Waals surface area contributed by atoms with Gasteiger partial charge in [0, 0.05) is 25.7 Å². The molecule has 2 saturated heterocycles. The number of nitrogens with zero attached hydrogens (tertiary/aromatic N) is 4. The molecule has 2 aromatic rings. The number of aryl methyl sites for hydroxylation is 1. The Hall–Kier alpha value is -1.92. The van der Waals surface area contributed by atoms with Gasteiger partial charge in [-0.15, -0.1) is 0 Å². The standard InChI is InChI=1S/C20H26N4O2/c1-14-21-17-4-2-3-5-18(17)24(14)11-20(25)22-8-9-23-16(10-22)12-26-13-19(23)15-6-7-15/h2-5,15-16,19H,6-13H2,1H3/t16-,19-/m1/s1. The van der Waals surface area contributed by atoms with Crippen LogP contribution in [0.15, 0.2) is 24.3 Å². The number of ether oxygens (including phenoxy) is 1. The normalized spacial score (nSPS) is 26.9. The second-order valence-corrected chi connectivity index (χ2v) is 7.91. The minimum absolute atomic E-state index is 0.185. The quantitative estimate of drug-likeness (QED) is 0.841. The van der Waals surface area contributed by atoms with E-state index in [4.69, 9.17) is 4.74 Å². The summed E-state index contributed by atoms with van der Waals surface area (Å²) in [5.41, 5.74) is 1.99. The summed E-state index contributed by atoms with van der Waals surface area (Å²) in [7, 11) is 0. The van der Waals surface area contributed by atoms with E-state index in [0.717, 1.165) is 55.6 Å². The van der Waals surface area contributed by atoms with E-state index < -0.39 is 0 Å². The molecular weight excluding hydrogens is 328 g/mol. The molecule has 1 aromatic carbocycles. The molecule has 1 aliphatic carbocycles. The second kappa shape index (κ2) is 6.35. The second-order valence-electron chi connectivity index (χ2n) is 7.91. The van der Waals surface area contributed by atoms with E-state index in [1.807, 2.05) is 40.7 Å². The Morgan fingerprint density at radius 3 is 2.92 bits per heavy atom. The van der Waals surface area contributed by atoms with E-state index in [0.29, 0.717) is 18.6 Å². The number of benzene rings is 1. The molecule has 6 nitrogen and oxygen atoms in total. The van der Waals surface area contributed by atoms with Crippen molar-refractivity contribution in [2.75, 3.05) is 32.8 Å². The Labute approximate surface area is 153 Å². The largest absolute Gasteiger partial charge is 0.378 e. The molecule has 0 unspecified atom stereocenters. The molecular formula is C20H26N4O2. The third kappa shape index (κ3) is 2.81. The molecule has 5 rings (SSSR count). The van der Waals surface area contributed by atoms with Gasteiger partial charge in [0.2, 0.25) is 5.91 Å². The van der Waals surface area contributed by atoms with Crippen LogP contribution >= 0.6 is 0 Å². The summed E-state index contributed by atoms with van der Waals surface area (Å²) in [5, 5.41) is 0. The summed E-state index contributed by atoms with van der Waals surface area (Å²) < 4.78 is 7.90. The van der Waals surface area contributed by atoms with Crippen LogP contribution in [0.4, 0.5) is 0 Å². The van der Waals surface area contributed by atoms with Crippen LogP contribution < -0.4 is 0 Å². The van der Waals surface area contributed by atoms with E-state index in [2.05, 4.69) is 9.88 Å². The number of hydrogen-bond donors (Lipinski definition) is 0. The zero-order valence-electron chi connectivity index (χ0n) is 15.3. The van der Waals surface area contributed by atoms with Gasteiger partial charge in [0.15, 0.2) is 0 Å². The van der Waals surface area contributed by atoms with Crippen molar-refractivity contribution in [2.45, 2.75) is 38.4 Å². The summed E-state index contributed by atoms with van der Waals surface area (Å²) in [6, 6.07) is 8.95. The van der Waals surface area contributed by atoms with E-state index in [1.165, 1.54) is 12.8 Å². The smallest absolute Gasteiger partial charge is 0.242 e. The maximum atomic E-state index is 13.0. The average Bonchev–Trinajstić information content (AvgIpc) is 3.46. The molecule has 1 aromatic heterocycles. The van der Waals surface area contributed by atoms with Gasteiger partial charge >= 0.3 is 0 Å². The third-order valence-corrected chi connectivity index (χ3v) is 6.21. The molecule has 26 heavy (non-hydrogen) atoms. The fourth-order valence-electron chi connectivity index (χ4n) is 4.62. The lowest BCUT2D eigenvalue weighted by Crippen LogP contribution is -2.63. The van der Waals surface area contributed by atoms with Crippen molar-refractivity contribution < 1.29 is 9.53 Å². The number of hydrogen-bond acceptors (Lipinski definition) is 4. The topological polar surface area (TPSA) is 50.6 Å². The highest BCUT2D eigenvalue weighted by Crippen LogP contribution is 2.38. The number of amides is 1. The monoisotopic (exact) mass is 354 g/mol. The summed E-state index contributed by atoms with van der Waals surface area (Å²) in [4.78, 5) is 22.2. The summed E-state index contributed by atoms with van der Waals surface area (Å²) in [6.07, 6.45) is 2.68. The Morgan fingerprint density at radius 1 is 1.23 bits per heavy atom. The van der Waals surface area contributed by atoms with Gasteiger partial charge in [0.05, 0.1) is 30.3 Å². The van der Waals surface area contributed by atoms with Gasteiger partial charge in [-0.1, -0.05) is 12.1 Å². The first-order valence-electron chi connectivity index (χ1n) is 9.74. The fraction of sp³-hybridized carbons (Fsp3) is 0.600. The van der Waals surface area contributed by atoms with Crippen LogP contribution in [0.25, 0.3) is 11.0 Å². The molecule has 2 atom stereocenters. The predicted molar refractivity (Wildman–Crippen MR) is 98.9 cm³/mol. The van der Waals surface area contributed by atoms with Crippen molar-refractivity contribution in [1.29, 1.82) is 0 Å². The van der Waals surface area contributed by atoms with Gasteiger partial charge in [0.1, 0.15) is 12.4 Å². The van der Waals surface area contributed by atoms with Crippen molar-refractivity contribution in [3.8, 4) is 0 Å². The minimum Gasteiger partial charge on any atom is -0.378 e. The van der Waals surface area contributed by atoms with E-state index >= 15 is 0 Å². The molecule has 0 spiro atoms. The van der Waals surface area contributed by atoms with Crippen LogP contribution in [0.3, 0.4) is 0 Å². The molecule has 0 N–H and O–H groups in total. The van der Waals surface area contributed by atoms with Crippen molar-refractivity contribution in [1.82, 2.24) is 19.4 Å². The fourth-order valence-corrected chi connectivity index (χ4v) is 4.62. The number of carbonyl (C=O) groups excluding carboxylic acids is 1. The number of para-hydroxylation sites is 2. The molecule has 6 heteroatoms. The first kappa shape index (κ1) is 16.3. The Morgan fingerprint density at radius 2 is 2.08 bits per heavy atom. The summed E-state index contributed by atoms with van der Waals surface area (Å²) in [5.74, 6) is 1.90. The van der Waals surface area contributed by atoms with Crippen LogP contribution in [0.1, 0.15) is 18.7 Å². The highest BCUT2D eigenvalue weighted by Gasteiger charge is 2.43. The lowest BCUT2D eigenvalue weighted by Gasteiger charge is -2.48. The Bertz CT molecular complexity index is 828. The summed E-state index contributed by atoms with van der Waals surface area (Å²) >= 11 is 0. The molecule has 3 heterocycles. The molecule has 1 amide bonds. The van der Waals surface area contributed by atoms with Crippen LogP contribution in [-0.4, -0.2) is 70.2 Å².